The van der Waals surface area contributed by atoms with Crippen molar-refractivity contribution in [1.29, 1.82) is 0 Å². The molecule has 9 aromatic rings. The van der Waals surface area contributed by atoms with Crippen LogP contribution in [0.15, 0.2) is 182 Å². The molecule has 0 saturated carbocycles. The Balaban J connectivity index is 1.13. The Morgan fingerprint density at radius 1 is 0.407 bits per heavy atom. The van der Waals surface area contributed by atoms with E-state index in [4.69, 9.17) is 0 Å². The van der Waals surface area contributed by atoms with Gasteiger partial charge in [-0.15, -0.1) is 0 Å². The zero-order chi connectivity index (χ0) is 39.8. The molecule has 8 aromatic carbocycles. The van der Waals surface area contributed by atoms with Crippen molar-refractivity contribution < 1.29 is 0 Å². The van der Waals surface area contributed by atoms with Crippen molar-refractivity contribution >= 4 is 38.9 Å². The molecule has 0 fully saturated rings. The van der Waals surface area contributed by atoms with Crippen LogP contribution in [0.2, 0.25) is 0 Å². The second-order valence-corrected chi connectivity index (χ2v) is 17.5. The summed E-state index contributed by atoms with van der Waals surface area (Å²) in [6.07, 6.45) is 2.11. The van der Waals surface area contributed by atoms with Gasteiger partial charge in [0.05, 0.1) is 16.4 Å². The van der Waals surface area contributed by atoms with Crippen LogP contribution in [-0.4, -0.2) is 4.57 Å². The fourth-order valence-electron chi connectivity index (χ4n) is 10.6. The third-order valence-electron chi connectivity index (χ3n) is 12.8. The van der Waals surface area contributed by atoms with E-state index in [1.807, 2.05) is 0 Å². The monoisotopic (exact) mass is 760 g/mol. The minimum absolute atomic E-state index is 0.435. The highest BCUT2D eigenvalue weighted by Gasteiger charge is 2.52. The quantitative estimate of drug-likeness (QED) is 0.150. The molecule has 0 N–H and O–H groups in total. The van der Waals surface area contributed by atoms with Crippen molar-refractivity contribution in [3.8, 4) is 27.9 Å². The van der Waals surface area contributed by atoms with Gasteiger partial charge in [0.15, 0.2) is 0 Å². The number of aromatic nitrogens is 1. The maximum absolute atomic E-state index is 2.55. The standard InChI is InChI=1S/C57H48N2/c1-37(2)32-39-22-29-46-47-30-23-40(33-38(3)4)35-53(47)57(52(46)34-39)51-19-11-8-16-45(51)48-31-28-44(36-54(48)57)58(41-14-6-5-7-15-41)42-24-26-43(27-25-42)59-55-20-12-9-17-49(55)50-18-10-13-21-56(50)59/h5-31,34-38H,32-33H2,1-4H3. The summed E-state index contributed by atoms with van der Waals surface area (Å²) in [4.78, 5) is 2.44. The van der Waals surface area contributed by atoms with Crippen molar-refractivity contribution in [2.24, 2.45) is 11.8 Å². The highest BCUT2D eigenvalue weighted by molar-refractivity contribution is 6.09. The van der Waals surface area contributed by atoms with Crippen molar-refractivity contribution in [3.05, 3.63) is 215 Å². The SMILES string of the molecule is CC(C)Cc1ccc2c(c1)C1(c3ccccc3-c3ccc(N(c4ccccc4)c4ccc(-n5c6ccccc6c6ccccc65)cc4)cc31)c1cc(CC(C)C)ccc1-2. The Kier molecular flexibility index (Phi) is 8.27. The molecular formula is C57H48N2. The summed E-state index contributed by atoms with van der Waals surface area (Å²) in [5, 5.41) is 2.54. The molecule has 1 spiro atoms. The first kappa shape index (κ1) is 35.5. The first-order valence-corrected chi connectivity index (χ1v) is 21.4. The van der Waals surface area contributed by atoms with Crippen LogP contribution in [0, 0.1) is 11.8 Å². The van der Waals surface area contributed by atoms with Gasteiger partial charge in [0.25, 0.3) is 0 Å². The highest BCUT2D eigenvalue weighted by atomic mass is 15.1. The van der Waals surface area contributed by atoms with Gasteiger partial charge in [-0.3, -0.25) is 0 Å². The Morgan fingerprint density at radius 2 is 0.864 bits per heavy atom. The molecule has 11 rings (SSSR count). The van der Waals surface area contributed by atoms with Crippen LogP contribution in [0.25, 0.3) is 49.7 Å². The Hall–Kier alpha value is -6.64. The molecule has 0 aliphatic heterocycles. The molecule has 2 aliphatic carbocycles. The van der Waals surface area contributed by atoms with Crippen molar-refractivity contribution in [1.82, 2.24) is 4.57 Å². The van der Waals surface area contributed by atoms with E-state index in [1.165, 1.54) is 77.4 Å². The highest BCUT2D eigenvalue weighted by Crippen LogP contribution is 2.63. The van der Waals surface area contributed by atoms with Crippen molar-refractivity contribution in [2.75, 3.05) is 4.90 Å². The number of nitrogens with zero attached hydrogens (tertiary/aromatic N) is 2. The maximum Gasteiger partial charge on any atom is 0.0726 e. The molecule has 0 atom stereocenters. The van der Waals surface area contributed by atoms with E-state index < -0.39 is 5.41 Å². The van der Waals surface area contributed by atoms with Crippen LogP contribution >= 0.6 is 0 Å². The van der Waals surface area contributed by atoms with Gasteiger partial charge in [-0.05, 0) is 141 Å². The molecule has 0 unspecified atom stereocenters. The molecule has 2 aliphatic rings. The number of hydrogen-bond donors (Lipinski definition) is 0. The first-order chi connectivity index (χ1) is 28.9. The smallest absolute Gasteiger partial charge is 0.0726 e. The van der Waals surface area contributed by atoms with Gasteiger partial charge in [0.2, 0.25) is 0 Å². The Labute approximate surface area is 348 Å². The third kappa shape index (κ3) is 5.46. The summed E-state index contributed by atoms with van der Waals surface area (Å²) in [6.45, 7) is 9.32. The van der Waals surface area contributed by atoms with E-state index in [1.54, 1.807) is 0 Å². The van der Waals surface area contributed by atoms with Gasteiger partial charge < -0.3 is 9.47 Å². The van der Waals surface area contributed by atoms with Crippen LogP contribution in [0.3, 0.4) is 0 Å². The molecule has 0 bridgehead atoms. The predicted molar refractivity (Wildman–Crippen MR) is 249 cm³/mol. The molecule has 286 valence electrons. The molecule has 59 heavy (non-hydrogen) atoms. The summed E-state index contributed by atoms with van der Waals surface area (Å²) >= 11 is 0. The zero-order valence-electron chi connectivity index (χ0n) is 34.3. The first-order valence-electron chi connectivity index (χ1n) is 21.4. The van der Waals surface area contributed by atoms with Gasteiger partial charge in [0, 0.05) is 33.5 Å². The van der Waals surface area contributed by atoms with Crippen molar-refractivity contribution in [2.45, 2.75) is 46.0 Å². The molecule has 2 heteroatoms. The minimum atomic E-state index is -0.435. The average molecular weight is 761 g/mol. The largest absolute Gasteiger partial charge is 0.310 e. The number of fused-ring (bicyclic) bond motifs is 13. The van der Waals surface area contributed by atoms with Crippen molar-refractivity contribution in [3.63, 3.8) is 0 Å². The molecule has 0 amide bonds. The lowest BCUT2D eigenvalue weighted by Gasteiger charge is -2.33. The van der Waals surface area contributed by atoms with Crippen LogP contribution in [-0.2, 0) is 18.3 Å². The molecule has 2 nitrogen and oxygen atoms in total. The maximum atomic E-state index is 2.55. The number of anilines is 3. The van der Waals surface area contributed by atoms with Crippen LogP contribution in [0.1, 0.15) is 61.1 Å². The van der Waals surface area contributed by atoms with Gasteiger partial charge in [-0.1, -0.05) is 149 Å². The summed E-state index contributed by atoms with van der Waals surface area (Å²) < 4.78 is 2.40. The van der Waals surface area contributed by atoms with Gasteiger partial charge in [-0.2, -0.15) is 0 Å². The fraction of sp³-hybridized carbons (Fsp3) is 0.158. The summed E-state index contributed by atoms with van der Waals surface area (Å²) in [5.41, 5.74) is 20.3. The summed E-state index contributed by atoms with van der Waals surface area (Å²) in [7, 11) is 0. The van der Waals surface area contributed by atoms with E-state index >= 15 is 0 Å². The number of benzene rings is 8. The molecule has 1 heterocycles. The van der Waals surface area contributed by atoms with Crippen LogP contribution in [0.5, 0.6) is 0 Å². The van der Waals surface area contributed by atoms with E-state index in [0.29, 0.717) is 11.8 Å². The van der Waals surface area contributed by atoms with E-state index in [9.17, 15) is 0 Å². The zero-order valence-corrected chi connectivity index (χ0v) is 34.3. The molecule has 1 aromatic heterocycles. The Morgan fingerprint density at radius 3 is 1.46 bits per heavy atom. The van der Waals surface area contributed by atoms with Gasteiger partial charge >= 0.3 is 0 Å². The van der Waals surface area contributed by atoms with E-state index in [0.717, 1.165) is 35.6 Å². The lowest BCUT2D eigenvalue weighted by Crippen LogP contribution is -2.26. The van der Waals surface area contributed by atoms with E-state index in [2.05, 4.69) is 219 Å². The number of rotatable bonds is 8. The van der Waals surface area contributed by atoms with Gasteiger partial charge in [-0.25, -0.2) is 0 Å². The number of para-hydroxylation sites is 3. The number of hydrogen-bond acceptors (Lipinski definition) is 1. The van der Waals surface area contributed by atoms with E-state index in [-0.39, 0.29) is 0 Å². The van der Waals surface area contributed by atoms with Crippen LogP contribution < -0.4 is 4.90 Å². The average Bonchev–Trinajstić information content (AvgIpc) is 3.85. The molecule has 0 radical (unpaired) electrons. The lowest BCUT2D eigenvalue weighted by atomic mass is 9.69. The lowest BCUT2D eigenvalue weighted by molar-refractivity contribution is 0.644. The normalized spacial score (nSPS) is 13.3. The molecular weight excluding hydrogens is 713 g/mol. The fourth-order valence-corrected chi connectivity index (χ4v) is 10.6. The summed E-state index contributed by atoms with van der Waals surface area (Å²) in [5.74, 6) is 1.14. The second kappa shape index (κ2) is 13.7. The predicted octanol–water partition coefficient (Wildman–Crippen LogP) is 15.0. The van der Waals surface area contributed by atoms with Crippen LogP contribution in [0.4, 0.5) is 17.1 Å². The second-order valence-electron chi connectivity index (χ2n) is 17.5. The minimum Gasteiger partial charge on any atom is -0.310 e. The molecule has 0 saturated heterocycles. The topological polar surface area (TPSA) is 8.17 Å². The summed E-state index contributed by atoms with van der Waals surface area (Å²) in [6, 6.07) is 68.7. The third-order valence-corrected chi connectivity index (χ3v) is 12.8. The Bertz CT molecular complexity index is 2940. The van der Waals surface area contributed by atoms with Gasteiger partial charge in [0.1, 0.15) is 0 Å².